The summed E-state index contributed by atoms with van der Waals surface area (Å²) in [6.07, 6.45) is 0. The number of nitro groups is 1. The molecular weight excluding hydrogens is 402 g/mol. The highest BCUT2D eigenvalue weighted by Crippen LogP contribution is 2.26. The monoisotopic (exact) mass is 415 g/mol. The van der Waals surface area contributed by atoms with Crippen molar-refractivity contribution < 1.29 is 14.1 Å². The predicted octanol–water partition coefficient (Wildman–Crippen LogP) is 4.94. The van der Waals surface area contributed by atoms with Crippen LogP contribution in [-0.4, -0.2) is 15.9 Å². The summed E-state index contributed by atoms with van der Waals surface area (Å²) in [6, 6.07) is 14.3. The highest BCUT2D eigenvalue weighted by molar-refractivity contribution is 7.80. The van der Waals surface area contributed by atoms with Gasteiger partial charge in [-0.3, -0.25) is 20.2 Å². The fourth-order valence-electron chi connectivity index (χ4n) is 2.39. The molecule has 0 aliphatic rings. The number of rotatable bonds is 4. The van der Waals surface area contributed by atoms with Gasteiger partial charge in [0.1, 0.15) is 5.76 Å². The normalized spacial score (nSPS) is 10.4. The van der Waals surface area contributed by atoms with E-state index in [2.05, 4.69) is 10.6 Å². The van der Waals surface area contributed by atoms with E-state index in [0.29, 0.717) is 22.0 Å². The molecule has 3 rings (SSSR count). The van der Waals surface area contributed by atoms with Crippen molar-refractivity contribution in [3.05, 3.63) is 81.1 Å². The number of benzene rings is 2. The second kappa shape index (κ2) is 8.20. The molecule has 1 heterocycles. The molecule has 1 amide bonds. The number of hydrogen-bond donors (Lipinski definition) is 2. The zero-order chi connectivity index (χ0) is 20.3. The Morgan fingerprint density at radius 2 is 1.96 bits per heavy atom. The second-order valence-electron chi connectivity index (χ2n) is 5.84. The van der Waals surface area contributed by atoms with Crippen LogP contribution in [-0.2, 0) is 0 Å². The second-order valence-corrected chi connectivity index (χ2v) is 6.66. The fraction of sp³-hybridized carbons (Fsp3) is 0.0526. The first-order chi connectivity index (χ1) is 13.3. The lowest BCUT2D eigenvalue weighted by atomic mass is 10.1. The molecule has 28 heavy (non-hydrogen) atoms. The summed E-state index contributed by atoms with van der Waals surface area (Å²) in [4.78, 5) is 22.7. The summed E-state index contributed by atoms with van der Waals surface area (Å²) >= 11 is 11.2. The molecule has 142 valence electrons. The average Bonchev–Trinajstić information content (AvgIpc) is 3.15. The minimum absolute atomic E-state index is 0.0209. The highest BCUT2D eigenvalue weighted by Gasteiger charge is 2.15. The van der Waals surface area contributed by atoms with E-state index in [0.717, 1.165) is 5.56 Å². The van der Waals surface area contributed by atoms with E-state index in [9.17, 15) is 14.9 Å². The third-order valence-electron chi connectivity index (χ3n) is 3.83. The Bertz CT molecular complexity index is 1080. The summed E-state index contributed by atoms with van der Waals surface area (Å²) in [5.74, 6) is -0.196. The van der Waals surface area contributed by atoms with Crippen LogP contribution >= 0.6 is 23.8 Å². The van der Waals surface area contributed by atoms with Gasteiger partial charge in [0.15, 0.2) is 10.9 Å². The lowest BCUT2D eigenvalue weighted by Crippen LogP contribution is -2.33. The number of amides is 1. The maximum Gasteiger partial charge on any atom is 0.293 e. The van der Waals surface area contributed by atoms with E-state index in [1.54, 1.807) is 30.3 Å². The van der Waals surface area contributed by atoms with Crippen LogP contribution in [0.25, 0.3) is 11.3 Å². The van der Waals surface area contributed by atoms with Crippen molar-refractivity contribution >= 4 is 46.2 Å². The van der Waals surface area contributed by atoms with Crippen molar-refractivity contribution in [3.63, 3.8) is 0 Å². The van der Waals surface area contributed by atoms with Crippen LogP contribution in [0.3, 0.4) is 0 Å². The summed E-state index contributed by atoms with van der Waals surface area (Å²) in [6.45, 7) is 1.88. The first-order valence-corrected chi connectivity index (χ1v) is 8.85. The number of furan rings is 1. The van der Waals surface area contributed by atoms with E-state index in [-0.39, 0.29) is 16.6 Å². The van der Waals surface area contributed by atoms with Crippen LogP contribution in [0.1, 0.15) is 16.1 Å². The van der Waals surface area contributed by atoms with Crippen LogP contribution < -0.4 is 10.6 Å². The zero-order valence-electron chi connectivity index (χ0n) is 14.6. The summed E-state index contributed by atoms with van der Waals surface area (Å²) in [5, 5.41) is 16.9. The molecule has 0 fully saturated rings. The van der Waals surface area contributed by atoms with Crippen molar-refractivity contribution in [2.75, 3.05) is 5.32 Å². The molecule has 2 N–H and O–H groups in total. The van der Waals surface area contributed by atoms with Gasteiger partial charge in [-0.2, -0.15) is 0 Å². The van der Waals surface area contributed by atoms with Crippen LogP contribution in [0.15, 0.2) is 59.0 Å². The van der Waals surface area contributed by atoms with E-state index < -0.39 is 10.8 Å². The third-order valence-corrected chi connectivity index (χ3v) is 4.44. The number of carbonyl (C=O) groups excluding carboxylic acids is 1. The fourth-order valence-corrected chi connectivity index (χ4v) is 2.78. The number of anilines is 1. The maximum absolute atomic E-state index is 12.3. The lowest BCUT2D eigenvalue weighted by molar-refractivity contribution is -0.384. The first kappa shape index (κ1) is 19.5. The zero-order valence-corrected chi connectivity index (χ0v) is 16.1. The van der Waals surface area contributed by atoms with Crippen LogP contribution in [0.2, 0.25) is 5.02 Å². The minimum Gasteiger partial charge on any atom is -0.451 e. The minimum atomic E-state index is -0.549. The van der Waals surface area contributed by atoms with Gasteiger partial charge in [-0.15, -0.1) is 0 Å². The number of aryl methyl sites for hydroxylation is 1. The molecule has 7 nitrogen and oxygen atoms in total. The van der Waals surface area contributed by atoms with Gasteiger partial charge in [0.2, 0.25) is 0 Å². The van der Waals surface area contributed by atoms with E-state index in [1.165, 1.54) is 18.2 Å². The summed E-state index contributed by atoms with van der Waals surface area (Å²) in [5.41, 5.74) is 1.98. The molecule has 0 radical (unpaired) electrons. The van der Waals surface area contributed by atoms with Gasteiger partial charge in [0.25, 0.3) is 11.6 Å². The Labute approximate surface area is 170 Å². The number of nitrogens with zero attached hydrogens (tertiary/aromatic N) is 1. The molecular formula is C19H14ClN3O4S. The standard InChI is InChI=1S/C19H14ClN3O4S/c1-11-5-6-13(10-15(11)20)21-19(28)22-18(24)17-8-7-16(27-17)12-3-2-4-14(9-12)23(25)26/h2-10H,1H3,(H2,21,22,24,28). The number of nitro benzene ring substituents is 1. The SMILES string of the molecule is Cc1ccc(NC(=S)NC(=O)c2ccc(-c3cccc([N+](=O)[O-])c3)o2)cc1Cl. The van der Waals surface area contributed by atoms with Crippen LogP contribution in [0, 0.1) is 17.0 Å². The topological polar surface area (TPSA) is 97.4 Å². The molecule has 0 aliphatic heterocycles. The number of non-ortho nitro benzene ring substituents is 1. The van der Waals surface area contributed by atoms with Crippen LogP contribution in [0.5, 0.6) is 0 Å². The Hall–Kier alpha value is -3.23. The molecule has 2 aromatic carbocycles. The number of nitrogens with one attached hydrogen (secondary N) is 2. The Morgan fingerprint density at radius 3 is 2.68 bits per heavy atom. The van der Waals surface area contributed by atoms with Gasteiger partial charge in [0.05, 0.1) is 4.92 Å². The smallest absolute Gasteiger partial charge is 0.293 e. The Kier molecular flexibility index (Phi) is 5.72. The first-order valence-electron chi connectivity index (χ1n) is 8.06. The predicted molar refractivity (Wildman–Crippen MR) is 111 cm³/mol. The molecule has 0 spiro atoms. The van der Waals surface area contributed by atoms with Gasteiger partial charge in [-0.1, -0.05) is 29.8 Å². The van der Waals surface area contributed by atoms with E-state index >= 15 is 0 Å². The molecule has 0 aliphatic carbocycles. The maximum atomic E-state index is 12.3. The summed E-state index contributed by atoms with van der Waals surface area (Å²) < 4.78 is 5.51. The number of hydrogen-bond acceptors (Lipinski definition) is 5. The van der Waals surface area contributed by atoms with Gasteiger partial charge >= 0.3 is 0 Å². The van der Waals surface area contributed by atoms with Gasteiger partial charge in [0, 0.05) is 28.4 Å². The number of halogens is 1. The van der Waals surface area contributed by atoms with E-state index in [1.807, 2.05) is 13.0 Å². The third kappa shape index (κ3) is 4.54. The van der Waals surface area contributed by atoms with Gasteiger partial charge in [-0.05, 0) is 49.0 Å². The number of carbonyl (C=O) groups is 1. The van der Waals surface area contributed by atoms with Gasteiger partial charge < -0.3 is 9.73 Å². The van der Waals surface area contributed by atoms with Crippen molar-refractivity contribution in [3.8, 4) is 11.3 Å². The van der Waals surface area contributed by atoms with Crippen molar-refractivity contribution in [1.29, 1.82) is 0 Å². The quantitative estimate of drug-likeness (QED) is 0.355. The largest absolute Gasteiger partial charge is 0.451 e. The molecule has 3 aromatic rings. The lowest BCUT2D eigenvalue weighted by Gasteiger charge is -2.09. The molecule has 0 bridgehead atoms. The molecule has 0 saturated carbocycles. The van der Waals surface area contributed by atoms with Gasteiger partial charge in [-0.25, -0.2) is 0 Å². The molecule has 9 heteroatoms. The van der Waals surface area contributed by atoms with Crippen LogP contribution in [0.4, 0.5) is 11.4 Å². The van der Waals surface area contributed by atoms with Crippen molar-refractivity contribution in [2.45, 2.75) is 6.92 Å². The Morgan fingerprint density at radius 1 is 1.18 bits per heavy atom. The van der Waals surface area contributed by atoms with Crippen molar-refractivity contribution in [1.82, 2.24) is 5.32 Å². The van der Waals surface area contributed by atoms with Crippen molar-refractivity contribution in [2.24, 2.45) is 0 Å². The Balaban J connectivity index is 1.68. The number of thiocarbonyl (C=S) groups is 1. The summed E-state index contributed by atoms with van der Waals surface area (Å²) in [7, 11) is 0. The van der Waals surface area contributed by atoms with E-state index in [4.69, 9.17) is 28.2 Å². The average molecular weight is 416 g/mol. The molecule has 0 unspecified atom stereocenters. The molecule has 0 atom stereocenters. The molecule has 0 saturated heterocycles. The molecule has 1 aromatic heterocycles. The highest BCUT2D eigenvalue weighted by atomic mass is 35.5.